The van der Waals surface area contributed by atoms with E-state index in [0.717, 1.165) is 28.8 Å². The summed E-state index contributed by atoms with van der Waals surface area (Å²) in [5, 5.41) is 0. The van der Waals surface area contributed by atoms with Crippen molar-refractivity contribution in [2.45, 2.75) is 18.4 Å². The minimum Gasteiger partial charge on any atom is -0.316 e. The SMILES string of the molecule is Cc1cc(S(=O)(=O)NCCn2c(=O)c(=O)[nH]c3cc(F)ccc32)ccc1F. The largest absolute Gasteiger partial charge is 0.316 e. The normalized spacial score (nSPS) is 11.8. The van der Waals surface area contributed by atoms with E-state index in [1.165, 1.54) is 19.1 Å². The molecule has 0 aliphatic heterocycles. The zero-order valence-corrected chi connectivity index (χ0v) is 14.9. The van der Waals surface area contributed by atoms with Gasteiger partial charge in [0, 0.05) is 13.1 Å². The van der Waals surface area contributed by atoms with Crippen LogP contribution >= 0.6 is 0 Å². The van der Waals surface area contributed by atoms with Crippen LogP contribution in [0.2, 0.25) is 0 Å². The Bertz CT molecular complexity index is 1250. The van der Waals surface area contributed by atoms with E-state index in [2.05, 4.69) is 9.71 Å². The van der Waals surface area contributed by atoms with Crippen molar-refractivity contribution in [1.82, 2.24) is 14.3 Å². The van der Waals surface area contributed by atoms with E-state index in [1.807, 2.05) is 0 Å². The molecule has 1 heterocycles. The van der Waals surface area contributed by atoms with E-state index in [1.54, 1.807) is 0 Å². The van der Waals surface area contributed by atoms with E-state index < -0.39 is 32.8 Å². The number of aromatic amines is 1. The number of hydrogen-bond acceptors (Lipinski definition) is 4. The van der Waals surface area contributed by atoms with Crippen molar-refractivity contribution in [3.8, 4) is 0 Å². The molecular formula is C17H15F2N3O4S. The molecule has 0 unspecified atom stereocenters. The van der Waals surface area contributed by atoms with Crippen molar-refractivity contribution in [2.24, 2.45) is 0 Å². The Kier molecular flexibility index (Phi) is 4.94. The van der Waals surface area contributed by atoms with Gasteiger partial charge in [0.25, 0.3) is 0 Å². The van der Waals surface area contributed by atoms with Crippen molar-refractivity contribution in [2.75, 3.05) is 6.54 Å². The molecule has 7 nitrogen and oxygen atoms in total. The standard InChI is InChI=1S/C17H15F2N3O4S/c1-10-8-12(3-4-13(10)19)27(25,26)20-6-7-22-15-5-2-11(18)9-14(15)21-16(23)17(22)24/h2-5,8-9,20H,6-7H2,1H3,(H,21,23). The molecule has 0 aliphatic carbocycles. The van der Waals surface area contributed by atoms with Gasteiger partial charge in [-0.25, -0.2) is 21.9 Å². The summed E-state index contributed by atoms with van der Waals surface area (Å²) in [4.78, 5) is 26.0. The molecule has 27 heavy (non-hydrogen) atoms. The molecular weight excluding hydrogens is 380 g/mol. The molecule has 0 spiro atoms. The highest BCUT2D eigenvalue weighted by atomic mass is 32.2. The monoisotopic (exact) mass is 395 g/mol. The predicted molar refractivity (Wildman–Crippen MR) is 95.1 cm³/mol. The lowest BCUT2D eigenvalue weighted by molar-refractivity contribution is 0.571. The zero-order valence-electron chi connectivity index (χ0n) is 14.1. The molecule has 142 valence electrons. The van der Waals surface area contributed by atoms with Gasteiger partial charge < -0.3 is 9.55 Å². The summed E-state index contributed by atoms with van der Waals surface area (Å²) in [7, 11) is -3.93. The first kappa shape index (κ1) is 18.9. The molecule has 0 fully saturated rings. The fourth-order valence-corrected chi connectivity index (χ4v) is 3.74. The summed E-state index contributed by atoms with van der Waals surface area (Å²) in [6.07, 6.45) is 0. The highest BCUT2D eigenvalue weighted by molar-refractivity contribution is 7.89. The first-order chi connectivity index (χ1) is 12.7. The number of aryl methyl sites for hydroxylation is 1. The van der Waals surface area contributed by atoms with Crippen LogP contribution in [0, 0.1) is 18.6 Å². The van der Waals surface area contributed by atoms with E-state index in [4.69, 9.17) is 0 Å². The molecule has 10 heteroatoms. The lowest BCUT2D eigenvalue weighted by Crippen LogP contribution is -2.39. The first-order valence-corrected chi connectivity index (χ1v) is 9.35. The Morgan fingerprint density at radius 2 is 1.85 bits per heavy atom. The van der Waals surface area contributed by atoms with Crippen LogP contribution in [0.25, 0.3) is 11.0 Å². The smallest absolute Gasteiger partial charge is 0.316 e. The first-order valence-electron chi connectivity index (χ1n) is 7.87. The number of H-pyrrole nitrogens is 1. The second kappa shape index (κ2) is 7.05. The van der Waals surface area contributed by atoms with E-state index in [-0.39, 0.29) is 34.6 Å². The maximum atomic E-state index is 13.3. The predicted octanol–water partition coefficient (Wildman–Crippen LogP) is 1.25. The van der Waals surface area contributed by atoms with Crippen molar-refractivity contribution in [3.05, 3.63) is 74.3 Å². The van der Waals surface area contributed by atoms with Crippen LogP contribution in [0.3, 0.4) is 0 Å². The number of fused-ring (bicyclic) bond motifs is 1. The van der Waals surface area contributed by atoms with Crippen LogP contribution < -0.4 is 15.8 Å². The number of hydrogen-bond donors (Lipinski definition) is 2. The molecule has 0 radical (unpaired) electrons. The molecule has 0 amide bonds. The third kappa shape index (κ3) is 3.81. The summed E-state index contributed by atoms with van der Waals surface area (Å²) < 4.78 is 54.6. The minimum atomic E-state index is -3.93. The van der Waals surface area contributed by atoms with Gasteiger partial charge in [0.1, 0.15) is 11.6 Å². The van der Waals surface area contributed by atoms with Gasteiger partial charge >= 0.3 is 11.1 Å². The summed E-state index contributed by atoms with van der Waals surface area (Å²) in [6.45, 7) is 1.09. The number of sulfonamides is 1. The number of aromatic nitrogens is 2. The lowest BCUT2D eigenvalue weighted by Gasteiger charge is -2.11. The van der Waals surface area contributed by atoms with Gasteiger partial charge in [0.2, 0.25) is 10.0 Å². The maximum Gasteiger partial charge on any atom is 0.316 e. The molecule has 2 aromatic carbocycles. The van der Waals surface area contributed by atoms with Gasteiger partial charge in [0.15, 0.2) is 0 Å². The van der Waals surface area contributed by atoms with Crippen LogP contribution in [-0.2, 0) is 16.6 Å². The molecule has 0 saturated carbocycles. The summed E-state index contributed by atoms with van der Waals surface area (Å²) in [5.74, 6) is -1.11. The molecule has 0 aliphatic rings. The van der Waals surface area contributed by atoms with E-state index in [0.29, 0.717) is 0 Å². The molecule has 0 saturated heterocycles. The quantitative estimate of drug-likeness (QED) is 0.635. The highest BCUT2D eigenvalue weighted by Crippen LogP contribution is 2.14. The van der Waals surface area contributed by atoms with Gasteiger partial charge in [-0.15, -0.1) is 0 Å². The van der Waals surface area contributed by atoms with Crippen LogP contribution in [0.15, 0.2) is 50.9 Å². The molecule has 0 bridgehead atoms. The Hall–Kier alpha value is -2.85. The Morgan fingerprint density at radius 1 is 1.11 bits per heavy atom. The van der Waals surface area contributed by atoms with Crippen LogP contribution in [0.5, 0.6) is 0 Å². The van der Waals surface area contributed by atoms with Crippen LogP contribution in [0.1, 0.15) is 5.56 Å². The van der Waals surface area contributed by atoms with E-state index in [9.17, 15) is 26.8 Å². The van der Waals surface area contributed by atoms with Crippen molar-refractivity contribution in [3.63, 3.8) is 0 Å². The fourth-order valence-electron chi connectivity index (χ4n) is 2.63. The number of benzene rings is 2. The van der Waals surface area contributed by atoms with Crippen LogP contribution in [-0.4, -0.2) is 24.5 Å². The number of nitrogens with one attached hydrogen (secondary N) is 2. The molecule has 2 N–H and O–H groups in total. The lowest BCUT2D eigenvalue weighted by atomic mass is 10.2. The average Bonchev–Trinajstić information content (AvgIpc) is 2.60. The second-order valence-corrected chi connectivity index (χ2v) is 7.65. The van der Waals surface area contributed by atoms with Gasteiger partial charge in [-0.05, 0) is 48.9 Å². The maximum absolute atomic E-state index is 13.3. The second-order valence-electron chi connectivity index (χ2n) is 5.88. The molecule has 1 aromatic heterocycles. The summed E-state index contributed by atoms with van der Waals surface area (Å²) >= 11 is 0. The van der Waals surface area contributed by atoms with Gasteiger partial charge in [-0.2, -0.15) is 0 Å². The van der Waals surface area contributed by atoms with Gasteiger partial charge in [-0.3, -0.25) is 9.59 Å². The number of halogens is 2. The molecule has 3 aromatic rings. The van der Waals surface area contributed by atoms with Gasteiger partial charge in [-0.1, -0.05) is 0 Å². The van der Waals surface area contributed by atoms with E-state index >= 15 is 0 Å². The summed E-state index contributed by atoms with van der Waals surface area (Å²) in [5.41, 5.74) is -1.26. The number of rotatable bonds is 5. The Balaban J connectivity index is 1.87. The average molecular weight is 395 g/mol. The molecule has 0 atom stereocenters. The summed E-state index contributed by atoms with van der Waals surface area (Å²) in [6, 6.07) is 6.88. The fraction of sp³-hybridized carbons (Fsp3) is 0.176. The Morgan fingerprint density at radius 3 is 2.56 bits per heavy atom. The van der Waals surface area contributed by atoms with Gasteiger partial charge in [0.05, 0.1) is 15.9 Å². The minimum absolute atomic E-state index is 0.119. The third-order valence-electron chi connectivity index (χ3n) is 4.00. The van der Waals surface area contributed by atoms with Crippen LogP contribution in [0.4, 0.5) is 8.78 Å². The Labute approximate surface area is 152 Å². The highest BCUT2D eigenvalue weighted by Gasteiger charge is 2.16. The topological polar surface area (TPSA) is 101 Å². The van der Waals surface area contributed by atoms with Crippen molar-refractivity contribution in [1.29, 1.82) is 0 Å². The molecule has 3 rings (SSSR count). The number of nitrogens with zero attached hydrogens (tertiary/aromatic N) is 1. The zero-order chi connectivity index (χ0) is 19.8. The third-order valence-corrected chi connectivity index (χ3v) is 5.46. The van der Waals surface area contributed by atoms with Crippen molar-refractivity contribution >= 4 is 21.1 Å². The van der Waals surface area contributed by atoms with Crippen molar-refractivity contribution < 1.29 is 17.2 Å².